The van der Waals surface area contributed by atoms with Gasteiger partial charge in [0.2, 0.25) is 5.91 Å². The lowest BCUT2D eigenvalue weighted by atomic mass is 10.1. The van der Waals surface area contributed by atoms with Gasteiger partial charge in [0, 0.05) is 36.4 Å². The van der Waals surface area contributed by atoms with E-state index in [-0.39, 0.29) is 11.5 Å². The van der Waals surface area contributed by atoms with Crippen LogP contribution in [0.15, 0.2) is 90.2 Å². The van der Waals surface area contributed by atoms with Crippen molar-refractivity contribution in [1.29, 1.82) is 0 Å². The van der Waals surface area contributed by atoms with Gasteiger partial charge in [-0.1, -0.05) is 24.3 Å². The van der Waals surface area contributed by atoms with E-state index in [4.69, 9.17) is 0 Å². The zero-order valence-corrected chi connectivity index (χ0v) is 17.2. The van der Waals surface area contributed by atoms with Gasteiger partial charge in [0.1, 0.15) is 11.7 Å². The molecule has 0 aliphatic carbocycles. The Labute approximate surface area is 182 Å². The first kappa shape index (κ1) is 19.4. The molecule has 32 heavy (non-hydrogen) atoms. The Morgan fingerprint density at radius 2 is 1.84 bits per heavy atom. The van der Waals surface area contributed by atoms with Crippen LogP contribution in [0.25, 0.3) is 22.7 Å². The van der Waals surface area contributed by atoms with Crippen LogP contribution in [0, 0.1) is 0 Å². The Balaban J connectivity index is 1.45. The smallest absolute Gasteiger partial charge is 0.267 e. The largest absolute Gasteiger partial charge is 0.324 e. The highest BCUT2D eigenvalue weighted by Gasteiger charge is 2.20. The van der Waals surface area contributed by atoms with Crippen LogP contribution in [-0.4, -0.2) is 34.9 Å². The molecule has 4 heterocycles. The van der Waals surface area contributed by atoms with Gasteiger partial charge >= 0.3 is 0 Å². The molecule has 1 amide bonds. The van der Waals surface area contributed by atoms with Crippen LogP contribution in [0.3, 0.4) is 0 Å². The standard InChI is InChI=1S/C23H19N7O2/c1-16(30-22(31)11-10-21(27-30)29-14-6-12-24-29)23(32)26-18-8-3-2-7-17(18)19-15-28-13-5-4-9-20(28)25-19/h2-16H,1H3,(H,26,32)/t16-/m0/s1. The van der Waals surface area contributed by atoms with Crippen molar-refractivity contribution in [2.75, 3.05) is 5.32 Å². The third kappa shape index (κ3) is 3.56. The van der Waals surface area contributed by atoms with Gasteiger partial charge in [-0.25, -0.2) is 14.3 Å². The van der Waals surface area contributed by atoms with E-state index in [1.807, 2.05) is 53.2 Å². The second-order valence-corrected chi connectivity index (χ2v) is 7.23. The molecule has 0 radical (unpaired) electrons. The number of imidazole rings is 1. The molecule has 0 saturated carbocycles. The average Bonchev–Trinajstić information content (AvgIpc) is 3.49. The molecule has 5 aromatic rings. The molecule has 0 unspecified atom stereocenters. The first-order chi connectivity index (χ1) is 15.6. The molecule has 1 N–H and O–H groups in total. The van der Waals surface area contributed by atoms with Gasteiger partial charge in [-0.15, -0.1) is 5.10 Å². The summed E-state index contributed by atoms with van der Waals surface area (Å²) in [4.78, 5) is 30.1. The van der Waals surface area contributed by atoms with Crippen LogP contribution in [0.1, 0.15) is 13.0 Å². The maximum absolute atomic E-state index is 13.1. The van der Waals surface area contributed by atoms with E-state index >= 15 is 0 Å². The van der Waals surface area contributed by atoms with Gasteiger partial charge in [-0.05, 0) is 37.3 Å². The maximum atomic E-state index is 13.1. The topological polar surface area (TPSA) is 99.1 Å². The van der Waals surface area contributed by atoms with Crippen LogP contribution in [-0.2, 0) is 4.79 Å². The maximum Gasteiger partial charge on any atom is 0.267 e. The molecule has 0 bridgehead atoms. The Morgan fingerprint density at radius 3 is 2.66 bits per heavy atom. The minimum Gasteiger partial charge on any atom is -0.324 e. The van der Waals surface area contributed by atoms with E-state index in [0.717, 1.165) is 21.6 Å². The summed E-state index contributed by atoms with van der Waals surface area (Å²) in [5.74, 6) is 0.0766. The monoisotopic (exact) mass is 425 g/mol. The average molecular weight is 425 g/mol. The SMILES string of the molecule is C[C@@H](C(=O)Nc1ccccc1-c1cn2ccccc2n1)n1nc(-n2cccn2)ccc1=O. The Kier molecular flexibility index (Phi) is 4.83. The van der Waals surface area contributed by atoms with Crippen molar-refractivity contribution in [1.82, 2.24) is 28.9 Å². The fourth-order valence-corrected chi connectivity index (χ4v) is 3.45. The molecule has 1 atom stereocenters. The molecule has 9 heteroatoms. The fraction of sp³-hybridized carbons (Fsp3) is 0.0870. The first-order valence-corrected chi connectivity index (χ1v) is 10.0. The molecular weight excluding hydrogens is 406 g/mol. The number of carbonyl (C=O) groups is 1. The number of rotatable bonds is 5. The van der Waals surface area contributed by atoms with Crippen molar-refractivity contribution in [3.63, 3.8) is 0 Å². The highest BCUT2D eigenvalue weighted by atomic mass is 16.2. The highest BCUT2D eigenvalue weighted by Crippen LogP contribution is 2.28. The third-order valence-corrected chi connectivity index (χ3v) is 5.12. The minimum absolute atomic E-state index is 0.367. The van der Waals surface area contributed by atoms with E-state index in [1.165, 1.54) is 10.7 Å². The summed E-state index contributed by atoms with van der Waals surface area (Å²) in [6, 6.07) is 17.0. The third-order valence-electron chi connectivity index (χ3n) is 5.12. The predicted molar refractivity (Wildman–Crippen MR) is 120 cm³/mol. The Hall–Kier alpha value is -4.53. The quantitative estimate of drug-likeness (QED) is 0.467. The van der Waals surface area contributed by atoms with Crippen LogP contribution >= 0.6 is 0 Å². The number of pyridine rings is 1. The second-order valence-electron chi connectivity index (χ2n) is 7.23. The van der Waals surface area contributed by atoms with E-state index < -0.39 is 6.04 Å². The van der Waals surface area contributed by atoms with Crippen molar-refractivity contribution in [2.45, 2.75) is 13.0 Å². The number of hydrogen-bond acceptors (Lipinski definition) is 5. The summed E-state index contributed by atoms with van der Waals surface area (Å²) >= 11 is 0. The summed E-state index contributed by atoms with van der Waals surface area (Å²) in [5.41, 5.74) is 2.54. The molecule has 0 aliphatic heterocycles. The van der Waals surface area contributed by atoms with Crippen LogP contribution < -0.4 is 10.9 Å². The van der Waals surface area contributed by atoms with E-state index in [0.29, 0.717) is 11.5 Å². The molecule has 1 aromatic carbocycles. The number of carbonyl (C=O) groups excluding carboxylic acids is 1. The van der Waals surface area contributed by atoms with Crippen molar-refractivity contribution in [3.05, 3.63) is 95.8 Å². The number of benzene rings is 1. The number of nitrogens with zero attached hydrogens (tertiary/aromatic N) is 6. The molecule has 0 fully saturated rings. The predicted octanol–water partition coefficient (Wildman–Crippen LogP) is 2.94. The number of para-hydroxylation sites is 1. The van der Waals surface area contributed by atoms with Gasteiger partial charge in [0.05, 0.1) is 11.4 Å². The van der Waals surface area contributed by atoms with Gasteiger partial charge < -0.3 is 9.72 Å². The molecule has 158 valence electrons. The number of hydrogen-bond donors (Lipinski definition) is 1. The van der Waals surface area contributed by atoms with Crippen molar-refractivity contribution >= 4 is 17.2 Å². The lowest BCUT2D eigenvalue weighted by molar-refractivity contribution is -0.119. The number of amides is 1. The van der Waals surface area contributed by atoms with Crippen LogP contribution in [0.4, 0.5) is 5.69 Å². The number of aromatic nitrogens is 6. The minimum atomic E-state index is -0.841. The molecule has 0 spiro atoms. The first-order valence-electron chi connectivity index (χ1n) is 10.0. The second kappa shape index (κ2) is 7.95. The summed E-state index contributed by atoms with van der Waals surface area (Å²) in [6.07, 6.45) is 7.15. The van der Waals surface area contributed by atoms with E-state index in [1.54, 1.807) is 37.5 Å². The van der Waals surface area contributed by atoms with Gasteiger partial charge in [-0.2, -0.15) is 5.10 Å². The molecule has 0 saturated heterocycles. The lowest BCUT2D eigenvalue weighted by Gasteiger charge is -2.16. The summed E-state index contributed by atoms with van der Waals surface area (Å²) in [7, 11) is 0. The number of fused-ring (bicyclic) bond motifs is 1. The van der Waals surface area contributed by atoms with Gasteiger partial charge in [-0.3, -0.25) is 9.59 Å². The lowest BCUT2D eigenvalue weighted by Crippen LogP contribution is -2.33. The van der Waals surface area contributed by atoms with E-state index in [9.17, 15) is 9.59 Å². The Morgan fingerprint density at radius 1 is 1.00 bits per heavy atom. The van der Waals surface area contributed by atoms with Crippen molar-refractivity contribution < 1.29 is 4.79 Å². The molecule has 9 nitrogen and oxygen atoms in total. The summed E-state index contributed by atoms with van der Waals surface area (Å²) in [5, 5.41) is 11.4. The van der Waals surface area contributed by atoms with Crippen LogP contribution in [0.5, 0.6) is 0 Å². The van der Waals surface area contributed by atoms with Gasteiger partial charge in [0.25, 0.3) is 5.56 Å². The zero-order valence-electron chi connectivity index (χ0n) is 17.2. The summed E-state index contributed by atoms with van der Waals surface area (Å²) < 4.78 is 4.60. The summed E-state index contributed by atoms with van der Waals surface area (Å²) in [6.45, 7) is 1.63. The molecular formula is C23H19N7O2. The van der Waals surface area contributed by atoms with Crippen LogP contribution in [0.2, 0.25) is 0 Å². The molecule has 5 rings (SSSR count). The van der Waals surface area contributed by atoms with Crippen molar-refractivity contribution in [3.8, 4) is 17.1 Å². The highest BCUT2D eigenvalue weighted by molar-refractivity contribution is 5.97. The normalized spacial score (nSPS) is 12.0. The number of nitrogens with one attached hydrogen (secondary N) is 1. The van der Waals surface area contributed by atoms with Gasteiger partial charge in [0.15, 0.2) is 5.82 Å². The van der Waals surface area contributed by atoms with Crippen molar-refractivity contribution in [2.24, 2.45) is 0 Å². The molecule has 0 aliphatic rings. The van der Waals surface area contributed by atoms with E-state index in [2.05, 4.69) is 20.5 Å². The number of anilines is 1. The Bertz CT molecular complexity index is 1430. The molecule has 4 aromatic heterocycles. The zero-order chi connectivity index (χ0) is 22.1. The fourth-order valence-electron chi connectivity index (χ4n) is 3.45.